The summed E-state index contributed by atoms with van der Waals surface area (Å²) < 4.78 is 1.39. The summed E-state index contributed by atoms with van der Waals surface area (Å²) in [6.07, 6.45) is 1.91. The molecule has 0 radical (unpaired) electrons. The number of nitrogen functional groups attached to an aromatic ring is 1. The van der Waals surface area contributed by atoms with E-state index in [9.17, 15) is 4.79 Å². The first kappa shape index (κ1) is 13.0. The maximum absolute atomic E-state index is 11.3. The third-order valence-corrected chi connectivity index (χ3v) is 2.54. The summed E-state index contributed by atoms with van der Waals surface area (Å²) in [5, 5.41) is 8.94. The molecule has 1 aromatic heterocycles. The van der Waals surface area contributed by atoms with Crippen LogP contribution in [-0.2, 0) is 6.54 Å². The van der Waals surface area contributed by atoms with E-state index in [1.165, 1.54) is 16.8 Å². The summed E-state index contributed by atoms with van der Waals surface area (Å²) in [5.74, 6) is 0.176. The van der Waals surface area contributed by atoms with Gasteiger partial charge in [-0.2, -0.15) is 4.98 Å². The highest BCUT2D eigenvalue weighted by Gasteiger charge is 2.04. The zero-order valence-electron chi connectivity index (χ0n) is 8.36. The quantitative estimate of drug-likeness (QED) is 0.846. The van der Waals surface area contributed by atoms with Gasteiger partial charge in [-0.25, -0.2) is 4.79 Å². The maximum atomic E-state index is 11.3. The standard InChI is InChI=1S/C9H11Cl2N3O2/c10-8(11)6(5-15)1-3-14-4-2-7(12)13-9(14)16/h2,4,15H,1,3,5H2,(H2,12,13,16). The number of aliphatic hydroxyl groups excluding tert-OH is 1. The molecule has 0 aliphatic heterocycles. The zero-order valence-corrected chi connectivity index (χ0v) is 9.87. The molecule has 0 saturated carbocycles. The SMILES string of the molecule is Nc1ccn(CCC(CO)=C(Cl)Cl)c(=O)n1. The molecule has 7 heteroatoms. The van der Waals surface area contributed by atoms with E-state index < -0.39 is 5.69 Å². The average Bonchev–Trinajstić information content (AvgIpc) is 2.21. The van der Waals surface area contributed by atoms with E-state index in [4.69, 9.17) is 34.0 Å². The Bertz CT molecular complexity index is 452. The molecule has 0 amide bonds. The number of nitrogens with two attached hydrogens (primary N) is 1. The van der Waals surface area contributed by atoms with Crippen LogP contribution in [0.2, 0.25) is 0 Å². The van der Waals surface area contributed by atoms with Crippen molar-refractivity contribution in [2.45, 2.75) is 13.0 Å². The van der Waals surface area contributed by atoms with Gasteiger partial charge >= 0.3 is 5.69 Å². The molecule has 0 fully saturated rings. The van der Waals surface area contributed by atoms with Crippen molar-refractivity contribution in [3.05, 3.63) is 32.8 Å². The molecule has 1 heterocycles. The number of halogens is 2. The number of aromatic nitrogens is 2. The predicted octanol–water partition coefficient (Wildman–Crippen LogP) is 0.897. The Labute approximate surface area is 102 Å². The van der Waals surface area contributed by atoms with Crippen LogP contribution in [-0.4, -0.2) is 21.3 Å². The van der Waals surface area contributed by atoms with Crippen LogP contribution >= 0.6 is 23.2 Å². The van der Waals surface area contributed by atoms with Crippen LogP contribution < -0.4 is 11.4 Å². The third kappa shape index (κ3) is 3.52. The Balaban J connectivity index is 2.76. The van der Waals surface area contributed by atoms with Crippen LogP contribution in [0.3, 0.4) is 0 Å². The summed E-state index contributed by atoms with van der Waals surface area (Å²) in [6, 6.07) is 1.52. The Kier molecular flexibility index (Phi) is 4.79. The monoisotopic (exact) mass is 263 g/mol. The summed E-state index contributed by atoms with van der Waals surface area (Å²) in [4.78, 5) is 14.9. The molecule has 0 spiro atoms. The molecule has 0 unspecified atom stereocenters. The van der Waals surface area contributed by atoms with E-state index in [2.05, 4.69) is 4.98 Å². The molecule has 0 aliphatic rings. The number of anilines is 1. The molecule has 0 aliphatic carbocycles. The van der Waals surface area contributed by atoms with Gasteiger partial charge in [0.15, 0.2) is 0 Å². The molecule has 0 aromatic carbocycles. The van der Waals surface area contributed by atoms with Crippen LogP contribution in [0, 0.1) is 0 Å². The first-order valence-electron chi connectivity index (χ1n) is 4.51. The molecule has 5 nitrogen and oxygen atoms in total. The smallest absolute Gasteiger partial charge is 0.349 e. The van der Waals surface area contributed by atoms with Gasteiger partial charge < -0.3 is 10.8 Å². The molecule has 1 aromatic rings. The van der Waals surface area contributed by atoms with Crippen molar-refractivity contribution in [1.82, 2.24) is 9.55 Å². The van der Waals surface area contributed by atoms with Gasteiger partial charge in [-0.3, -0.25) is 4.57 Å². The van der Waals surface area contributed by atoms with Gasteiger partial charge in [-0.05, 0) is 18.1 Å². The van der Waals surface area contributed by atoms with E-state index in [0.717, 1.165) is 0 Å². The number of nitrogens with zero attached hydrogens (tertiary/aromatic N) is 2. The topological polar surface area (TPSA) is 81.1 Å². The highest BCUT2D eigenvalue weighted by Crippen LogP contribution is 2.16. The van der Waals surface area contributed by atoms with Gasteiger partial charge in [-0.15, -0.1) is 0 Å². The number of aryl methyl sites for hydroxylation is 1. The van der Waals surface area contributed by atoms with Crippen LogP contribution in [0.25, 0.3) is 0 Å². The van der Waals surface area contributed by atoms with E-state index in [1.54, 1.807) is 0 Å². The number of hydrogen-bond donors (Lipinski definition) is 2. The normalized spacial score (nSPS) is 10.2. The lowest BCUT2D eigenvalue weighted by Crippen LogP contribution is -2.23. The molecular weight excluding hydrogens is 253 g/mol. The minimum atomic E-state index is -0.442. The molecule has 0 saturated heterocycles. The minimum absolute atomic E-state index is 0.0268. The predicted molar refractivity (Wildman–Crippen MR) is 63.3 cm³/mol. The van der Waals surface area contributed by atoms with Crippen molar-refractivity contribution in [2.75, 3.05) is 12.3 Å². The lowest BCUT2D eigenvalue weighted by atomic mass is 10.2. The highest BCUT2D eigenvalue weighted by atomic mass is 35.5. The first-order chi connectivity index (χ1) is 7.54. The van der Waals surface area contributed by atoms with E-state index >= 15 is 0 Å². The van der Waals surface area contributed by atoms with Gasteiger partial charge in [0.25, 0.3) is 0 Å². The van der Waals surface area contributed by atoms with Crippen molar-refractivity contribution in [3.8, 4) is 0 Å². The van der Waals surface area contributed by atoms with Crippen molar-refractivity contribution in [3.63, 3.8) is 0 Å². The molecule has 16 heavy (non-hydrogen) atoms. The van der Waals surface area contributed by atoms with E-state index in [-0.39, 0.29) is 16.9 Å². The Morgan fingerprint density at radius 2 is 2.25 bits per heavy atom. The van der Waals surface area contributed by atoms with Gasteiger partial charge in [0.05, 0.1) is 6.61 Å². The van der Waals surface area contributed by atoms with Gasteiger partial charge in [0.1, 0.15) is 10.3 Å². The Morgan fingerprint density at radius 3 is 2.75 bits per heavy atom. The highest BCUT2D eigenvalue weighted by molar-refractivity contribution is 6.56. The summed E-state index contributed by atoms with van der Waals surface area (Å²) in [7, 11) is 0. The third-order valence-electron chi connectivity index (χ3n) is 2.01. The van der Waals surface area contributed by atoms with Crippen LogP contribution in [0.15, 0.2) is 27.1 Å². The number of rotatable bonds is 4. The Morgan fingerprint density at radius 1 is 1.56 bits per heavy atom. The fourth-order valence-electron chi connectivity index (χ4n) is 1.10. The number of aliphatic hydroxyl groups is 1. The van der Waals surface area contributed by atoms with Gasteiger partial charge in [-0.1, -0.05) is 23.2 Å². The zero-order chi connectivity index (χ0) is 12.1. The average molecular weight is 264 g/mol. The molecular formula is C9H11Cl2N3O2. The van der Waals surface area contributed by atoms with E-state index in [1.807, 2.05) is 0 Å². The number of hydrogen-bond acceptors (Lipinski definition) is 4. The lowest BCUT2D eigenvalue weighted by Gasteiger charge is -2.06. The lowest BCUT2D eigenvalue weighted by molar-refractivity contribution is 0.324. The minimum Gasteiger partial charge on any atom is -0.392 e. The van der Waals surface area contributed by atoms with Crippen molar-refractivity contribution < 1.29 is 5.11 Å². The summed E-state index contributed by atoms with van der Waals surface area (Å²) in [6.45, 7) is 0.102. The first-order valence-corrected chi connectivity index (χ1v) is 5.27. The summed E-state index contributed by atoms with van der Waals surface area (Å²) >= 11 is 11.1. The largest absolute Gasteiger partial charge is 0.392 e. The Hall–Kier alpha value is -1.04. The van der Waals surface area contributed by atoms with Gasteiger partial charge in [0, 0.05) is 12.7 Å². The fourth-order valence-corrected chi connectivity index (χ4v) is 1.41. The summed E-state index contributed by atoms with van der Waals surface area (Å²) in [5.41, 5.74) is 5.38. The second-order valence-corrected chi connectivity index (χ2v) is 4.05. The fraction of sp³-hybridized carbons (Fsp3) is 0.333. The van der Waals surface area contributed by atoms with Gasteiger partial charge in [0.2, 0.25) is 0 Å². The molecule has 0 atom stereocenters. The van der Waals surface area contributed by atoms with Crippen LogP contribution in [0.5, 0.6) is 0 Å². The van der Waals surface area contributed by atoms with Crippen molar-refractivity contribution in [1.29, 1.82) is 0 Å². The molecule has 88 valence electrons. The van der Waals surface area contributed by atoms with Crippen LogP contribution in [0.1, 0.15) is 6.42 Å². The van der Waals surface area contributed by atoms with Crippen molar-refractivity contribution in [2.24, 2.45) is 0 Å². The van der Waals surface area contributed by atoms with Crippen LogP contribution in [0.4, 0.5) is 5.82 Å². The second kappa shape index (κ2) is 5.89. The molecule has 1 rings (SSSR count). The van der Waals surface area contributed by atoms with Crippen molar-refractivity contribution >= 4 is 29.0 Å². The molecule has 3 N–H and O–H groups in total. The molecule has 0 bridgehead atoms. The van der Waals surface area contributed by atoms with E-state index in [0.29, 0.717) is 18.5 Å². The maximum Gasteiger partial charge on any atom is 0.349 e. The second-order valence-electron chi connectivity index (χ2n) is 3.10.